The van der Waals surface area contributed by atoms with Gasteiger partial charge in [0.25, 0.3) is 5.91 Å². The van der Waals surface area contributed by atoms with E-state index in [0.29, 0.717) is 29.5 Å². The summed E-state index contributed by atoms with van der Waals surface area (Å²) < 4.78 is 12.4. The van der Waals surface area contributed by atoms with Gasteiger partial charge in [0.05, 0.1) is 19.6 Å². The van der Waals surface area contributed by atoms with Crippen LogP contribution in [-0.2, 0) is 9.53 Å². The van der Waals surface area contributed by atoms with Gasteiger partial charge in [0, 0.05) is 50.0 Å². The normalized spacial score (nSPS) is 20.2. The fourth-order valence-corrected chi connectivity index (χ4v) is 4.93. The van der Waals surface area contributed by atoms with Crippen molar-refractivity contribution in [2.75, 3.05) is 58.4 Å². The molecule has 2 aromatic rings. The zero-order chi connectivity index (χ0) is 25.7. The summed E-state index contributed by atoms with van der Waals surface area (Å²) in [7, 11) is 3.90. The molecule has 7 nitrogen and oxygen atoms in total. The van der Waals surface area contributed by atoms with Crippen LogP contribution in [0.1, 0.15) is 41.6 Å². The van der Waals surface area contributed by atoms with Gasteiger partial charge >= 0.3 is 0 Å². The zero-order valence-electron chi connectivity index (χ0n) is 21.5. The number of piperidine rings is 1. The smallest absolute Gasteiger partial charge is 0.254 e. The molecular weight excluding hydrogens is 478 g/mol. The molecule has 1 atom stereocenters. The number of benzene rings is 2. The van der Waals surface area contributed by atoms with Crippen LogP contribution in [0, 0.1) is 6.92 Å². The molecule has 2 aliphatic heterocycles. The summed E-state index contributed by atoms with van der Waals surface area (Å²) in [6.45, 7) is 4.71. The largest absolute Gasteiger partial charge is 0.490 e. The van der Waals surface area contributed by atoms with E-state index < -0.39 is 5.60 Å². The third-order valence-corrected chi connectivity index (χ3v) is 7.38. The molecule has 2 fully saturated rings. The van der Waals surface area contributed by atoms with Gasteiger partial charge in [0.1, 0.15) is 18.0 Å². The number of amides is 2. The molecule has 0 aliphatic carbocycles. The van der Waals surface area contributed by atoms with Crippen LogP contribution in [0.15, 0.2) is 42.5 Å². The number of ether oxygens (including phenoxy) is 2. The minimum Gasteiger partial charge on any atom is -0.490 e. The molecule has 0 N–H and O–H groups in total. The Morgan fingerprint density at radius 1 is 1.06 bits per heavy atom. The molecule has 2 saturated heterocycles. The number of morpholine rings is 1. The number of aryl methyl sites for hydroxylation is 1. The van der Waals surface area contributed by atoms with Crippen molar-refractivity contribution in [3.63, 3.8) is 0 Å². The van der Waals surface area contributed by atoms with E-state index >= 15 is 0 Å². The van der Waals surface area contributed by atoms with Gasteiger partial charge in [-0.3, -0.25) is 9.59 Å². The molecule has 194 valence electrons. The van der Waals surface area contributed by atoms with Crippen molar-refractivity contribution in [3.05, 3.63) is 58.6 Å². The topological polar surface area (TPSA) is 62.3 Å². The summed E-state index contributed by atoms with van der Waals surface area (Å²) in [6.07, 6.45) is 3.36. The first-order valence-corrected chi connectivity index (χ1v) is 13.0. The standard InChI is InChI=1S/C28H36ClN3O4/c1-21-16-24(10-11-25(21)29)35-20-28(18-26(33)31-12-5-4-6-13-31)19-32(14-15-36-28)27(34)22-8-7-9-23(17-22)30(2)3/h7-11,16-17H,4-6,12-15,18-20H2,1-3H3/t28-/m0/s1. The van der Waals surface area contributed by atoms with Crippen molar-refractivity contribution in [1.82, 2.24) is 9.80 Å². The van der Waals surface area contributed by atoms with Gasteiger partial charge in [-0.2, -0.15) is 0 Å². The Hall–Kier alpha value is -2.77. The summed E-state index contributed by atoms with van der Waals surface area (Å²) in [5, 5.41) is 0.669. The average molecular weight is 514 g/mol. The van der Waals surface area contributed by atoms with Crippen molar-refractivity contribution >= 4 is 29.1 Å². The highest BCUT2D eigenvalue weighted by atomic mass is 35.5. The number of halogens is 1. The SMILES string of the molecule is Cc1cc(OC[C@]2(CC(=O)N3CCCCC3)CN(C(=O)c3cccc(N(C)C)c3)CCO2)ccc1Cl. The molecule has 4 rings (SSSR count). The van der Waals surface area contributed by atoms with Crippen LogP contribution in [0.5, 0.6) is 5.75 Å². The number of likely N-dealkylation sites (tertiary alicyclic amines) is 1. The predicted octanol–water partition coefficient (Wildman–Crippen LogP) is 4.41. The molecule has 0 aromatic heterocycles. The van der Waals surface area contributed by atoms with Gasteiger partial charge in [0.2, 0.25) is 5.91 Å². The second-order valence-corrected chi connectivity index (χ2v) is 10.4. The van der Waals surface area contributed by atoms with Gasteiger partial charge < -0.3 is 24.2 Å². The summed E-state index contributed by atoms with van der Waals surface area (Å²) >= 11 is 6.18. The van der Waals surface area contributed by atoms with Gasteiger partial charge in [-0.1, -0.05) is 17.7 Å². The zero-order valence-corrected chi connectivity index (χ0v) is 22.2. The van der Waals surface area contributed by atoms with Crippen LogP contribution in [-0.4, -0.2) is 80.7 Å². The maximum atomic E-state index is 13.5. The molecule has 0 unspecified atom stereocenters. The van der Waals surface area contributed by atoms with Gasteiger partial charge in [-0.25, -0.2) is 0 Å². The number of carbonyl (C=O) groups excluding carboxylic acids is 2. The Bertz CT molecular complexity index is 1090. The molecule has 2 aromatic carbocycles. The minimum absolute atomic E-state index is 0.0505. The van der Waals surface area contributed by atoms with E-state index in [2.05, 4.69) is 0 Å². The number of carbonyl (C=O) groups is 2. The van der Waals surface area contributed by atoms with E-state index in [4.69, 9.17) is 21.1 Å². The fourth-order valence-electron chi connectivity index (χ4n) is 4.82. The highest BCUT2D eigenvalue weighted by Crippen LogP contribution is 2.29. The van der Waals surface area contributed by atoms with E-state index in [-0.39, 0.29) is 31.4 Å². The average Bonchev–Trinajstić information content (AvgIpc) is 2.89. The Morgan fingerprint density at radius 3 is 2.56 bits per heavy atom. The molecular formula is C28H36ClN3O4. The van der Waals surface area contributed by atoms with E-state index in [9.17, 15) is 9.59 Å². The van der Waals surface area contributed by atoms with E-state index in [1.54, 1.807) is 11.0 Å². The number of nitrogens with zero attached hydrogens (tertiary/aromatic N) is 3. The minimum atomic E-state index is -0.935. The lowest BCUT2D eigenvalue weighted by molar-refractivity contribution is -0.153. The van der Waals surface area contributed by atoms with Crippen LogP contribution in [0.25, 0.3) is 0 Å². The molecule has 8 heteroatoms. The summed E-state index contributed by atoms with van der Waals surface area (Å²) in [4.78, 5) is 32.5. The van der Waals surface area contributed by atoms with E-state index in [0.717, 1.165) is 43.6 Å². The van der Waals surface area contributed by atoms with Crippen molar-refractivity contribution in [3.8, 4) is 5.75 Å². The molecule has 36 heavy (non-hydrogen) atoms. The number of hydrogen-bond donors (Lipinski definition) is 0. The van der Waals surface area contributed by atoms with Gasteiger partial charge in [-0.15, -0.1) is 0 Å². The molecule has 0 bridgehead atoms. The Kier molecular flexibility index (Phi) is 8.42. The number of hydrogen-bond acceptors (Lipinski definition) is 5. The lowest BCUT2D eigenvalue weighted by Gasteiger charge is -2.43. The maximum Gasteiger partial charge on any atom is 0.254 e. The highest BCUT2D eigenvalue weighted by Gasteiger charge is 2.42. The maximum absolute atomic E-state index is 13.5. The Labute approximate surface area is 218 Å². The predicted molar refractivity (Wildman–Crippen MR) is 142 cm³/mol. The first-order chi connectivity index (χ1) is 17.3. The van der Waals surface area contributed by atoms with Crippen LogP contribution in [0.4, 0.5) is 5.69 Å². The molecule has 0 saturated carbocycles. The second kappa shape index (κ2) is 11.5. The lowest BCUT2D eigenvalue weighted by Crippen LogP contribution is -2.58. The fraction of sp³-hybridized carbons (Fsp3) is 0.500. The van der Waals surface area contributed by atoms with Crippen LogP contribution < -0.4 is 9.64 Å². The third-order valence-electron chi connectivity index (χ3n) is 6.96. The van der Waals surface area contributed by atoms with Crippen molar-refractivity contribution in [2.45, 2.75) is 38.2 Å². The lowest BCUT2D eigenvalue weighted by atomic mass is 9.95. The van der Waals surface area contributed by atoms with E-state index in [1.165, 1.54) is 0 Å². The van der Waals surface area contributed by atoms with Crippen LogP contribution in [0.3, 0.4) is 0 Å². The molecule has 2 heterocycles. The van der Waals surface area contributed by atoms with Crippen LogP contribution in [0.2, 0.25) is 5.02 Å². The summed E-state index contributed by atoms with van der Waals surface area (Å²) in [6, 6.07) is 13.1. The molecule has 0 spiro atoms. The Morgan fingerprint density at radius 2 is 1.83 bits per heavy atom. The Balaban J connectivity index is 1.55. The summed E-state index contributed by atoms with van der Waals surface area (Å²) in [5.41, 5.74) is 1.56. The van der Waals surface area contributed by atoms with Gasteiger partial charge in [-0.05, 0) is 68.1 Å². The molecule has 2 aliphatic rings. The third kappa shape index (κ3) is 6.31. The monoisotopic (exact) mass is 513 g/mol. The quantitative estimate of drug-likeness (QED) is 0.549. The van der Waals surface area contributed by atoms with Crippen LogP contribution >= 0.6 is 11.6 Å². The van der Waals surface area contributed by atoms with E-state index in [1.807, 2.05) is 67.2 Å². The van der Waals surface area contributed by atoms with Crippen molar-refractivity contribution in [2.24, 2.45) is 0 Å². The first-order valence-electron chi connectivity index (χ1n) is 12.6. The second-order valence-electron chi connectivity index (χ2n) is 10.0. The molecule has 0 radical (unpaired) electrons. The van der Waals surface area contributed by atoms with Crippen molar-refractivity contribution < 1.29 is 19.1 Å². The molecule has 2 amide bonds. The summed E-state index contributed by atoms with van der Waals surface area (Å²) in [5.74, 6) is 0.640. The highest BCUT2D eigenvalue weighted by molar-refractivity contribution is 6.31. The van der Waals surface area contributed by atoms with Gasteiger partial charge in [0.15, 0.2) is 0 Å². The number of anilines is 1. The first kappa shape index (κ1) is 26.3. The number of rotatable bonds is 7. The van der Waals surface area contributed by atoms with Crippen molar-refractivity contribution in [1.29, 1.82) is 0 Å².